The van der Waals surface area contributed by atoms with Crippen molar-refractivity contribution in [1.29, 1.82) is 0 Å². The molecule has 0 aliphatic rings. The maximum atomic E-state index is 13.2. The summed E-state index contributed by atoms with van der Waals surface area (Å²) in [5.41, 5.74) is 8.87. The van der Waals surface area contributed by atoms with Gasteiger partial charge in [0, 0.05) is 24.0 Å². The Hall–Kier alpha value is -2.63. The topological polar surface area (TPSA) is 57.4 Å². The summed E-state index contributed by atoms with van der Waals surface area (Å²) in [6, 6.07) is 13.4. The molecule has 6 heteroatoms. The summed E-state index contributed by atoms with van der Waals surface area (Å²) >= 11 is 6.10. The highest BCUT2D eigenvalue weighted by atomic mass is 35.5. The molecule has 1 atom stereocenters. The zero-order chi connectivity index (χ0) is 19.2. The van der Waals surface area contributed by atoms with Gasteiger partial charge in [-0.1, -0.05) is 35.9 Å². The van der Waals surface area contributed by atoms with Gasteiger partial charge >= 0.3 is 0 Å². The van der Waals surface area contributed by atoms with Gasteiger partial charge in [-0.3, -0.25) is 4.98 Å². The maximum absolute atomic E-state index is 13.2. The minimum absolute atomic E-state index is 0.189. The number of aromatic nitrogens is 1. The van der Waals surface area contributed by atoms with Crippen LogP contribution in [0.4, 0.5) is 4.39 Å². The molecule has 1 aromatic heterocycles. The molecule has 2 aromatic carbocycles. The van der Waals surface area contributed by atoms with E-state index in [-0.39, 0.29) is 18.5 Å². The first-order valence-electron chi connectivity index (χ1n) is 8.46. The third-order valence-electron chi connectivity index (χ3n) is 4.22. The predicted octanol–water partition coefficient (Wildman–Crippen LogP) is 4.70. The van der Waals surface area contributed by atoms with Crippen LogP contribution in [-0.4, -0.2) is 12.1 Å². The smallest absolute Gasteiger partial charge is 0.164 e. The Bertz CT molecular complexity index is 906. The molecule has 0 saturated heterocycles. The zero-order valence-corrected chi connectivity index (χ0v) is 15.6. The molecule has 2 N–H and O–H groups in total. The highest BCUT2D eigenvalue weighted by Gasteiger charge is 2.16. The van der Waals surface area contributed by atoms with Crippen molar-refractivity contribution in [2.45, 2.75) is 19.1 Å². The van der Waals surface area contributed by atoms with Crippen LogP contribution in [0.1, 0.15) is 22.7 Å². The monoisotopic (exact) mass is 386 g/mol. The molecule has 0 amide bonds. The lowest BCUT2D eigenvalue weighted by molar-refractivity contribution is 0.280. The van der Waals surface area contributed by atoms with Gasteiger partial charge in [-0.25, -0.2) is 4.39 Å². The minimum Gasteiger partial charge on any atom is -0.493 e. The maximum Gasteiger partial charge on any atom is 0.164 e. The molecule has 0 aliphatic heterocycles. The van der Waals surface area contributed by atoms with Crippen LogP contribution in [0.2, 0.25) is 5.02 Å². The third-order valence-corrected chi connectivity index (χ3v) is 4.57. The molecule has 0 spiro atoms. The number of para-hydroxylation sites is 1. The van der Waals surface area contributed by atoms with Gasteiger partial charge in [0.2, 0.25) is 0 Å². The number of hydrogen-bond donors (Lipinski definition) is 1. The summed E-state index contributed by atoms with van der Waals surface area (Å²) in [5, 5.41) is 0.318. The number of halogens is 2. The van der Waals surface area contributed by atoms with Crippen molar-refractivity contribution in [1.82, 2.24) is 4.98 Å². The second kappa shape index (κ2) is 8.84. The fraction of sp³-hybridized carbons (Fsp3) is 0.190. The molecule has 27 heavy (non-hydrogen) atoms. The molecule has 140 valence electrons. The molecule has 4 nitrogen and oxygen atoms in total. The Balaban J connectivity index is 1.83. The molecule has 0 radical (unpaired) electrons. The Morgan fingerprint density at radius 1 is 1.15 bits per heavy atom. The summed E-state index contributed by atoms with van der Waals surface area (Å²) in [6.45, 7) is 0.189. The van der Waals surface area contributed by atoms with Gasteiger partial charge < -0.3 is 15.2 Å². The van der Waals surface area contributed by atoms with E-state index in [4.69, 9.17) is 26.8 Å². The Morgan fingerprint density at radius 3 is 2.70 bits per heavy atom. The van der Waals surface area contributed by atoms with Crippen molar-refractivity contribution < 1.29 is 13.9 Å². The van der Waals surface area contributed by atoms with Gasteiger partial charge in [-0.05, 0) is 41.8 Å². The Kier molecular flexibility index (Phi) is 6.27. The minimum atomic E-state index is -0.385. The predicted molar refractivity (Wildman–Crippen MR) is 104 cm³/mol. The molecule has 0 fully saturated rings. The quantitative estimate of drug-likeness (QED) is 0.639. The highest BCUT2D eigenvalue weighted by Crippen LogP contribution is 2.34. The van der Waals surface area contributed by atoms with Crippen LogP contribution in [0, 0.1) is 5.82 Å². The van der Waals surface area contributed by atoms with Crippen LogP contribution in [0.15, 0.2) is 60.9 Å². The lowest BCUT2D eigenvalue weighted by Crippen LogP contribution is -2.14. The van der Waals surface area contributed by atoms with Crippen LogP contribution in [0.25, 0.3) is 0 Å². The van der Waals surface area contributed by atoms with Gasteiger partial charge in [0.15, 0.2) is 11.5 Å². The van der Waals surface area contributed by atoms with Crippen LogP contribution < -0.4 is 15.2 Å². The number of nitrogens with zero attached hydrogens (tertiary/aromatic N) is 1. The van der Waals surface area contributed by atoms with Gasteiger partial charge in [-0.15, -0.1) is 0 Å². The molecule has 0 saturated carbocycles. The number of methoxy groups -OCH3 is 1. The van der Waals surface area contributed by atoms with Gasteiger partial charge in [0.25, 0.3) is 0 Å². The first kappa shape index (κ1) is 19.1. The first-order chi connectivity index (χ1) is 13.1. The van der Waals surface area contributed by atoms with Gasteiger partial charge in [0.05, 0.1) is 12.1 Å². The van der Waals surface area contributed by atoms with E-state index >= 15 is 0 Å². The van der Waals surface area contributed by atoms with Gasteiger partial charge in [0.1, 0.15) is 12.4 Å². The van der Waals surface area contributed by atoms with E-state index in [1.54, 1.807) is 25.6 Å². The van der Waals surface area contributed by atoms with E-state index < -0.39 is 0 Å². The Labute approximate surface area is 162 Å². The van der Waals surface area contributed by atoms with E-state index in [0.717, 1.165) is 11.1 Å². The molecule has 1 heterocycles. The van der Waals surface area contributed by atoms with E-state index in [0.29, 0.717) is 28.5 Å². The van der Waals surface area contributed by atoms with Crippen molar-refractivity contribution in [3.8, 4) is 11.5 Å². The van der Waals surface area contributed by atoms with Crippen molar-refractivity contribution in [3.63, 3.8) is 0 Å². The van der Waals surface area contributed by atoms with Crippen LogP contribution in [-0.2, 0) is 13.0 Å². The molecule has 3 aromatic rings. The Morgan fingerprint density at radius 2 is 2.00 bits per heavy atom. The molecule has 1 unspecified atom stereocenters. The number of ether oxygens (including phenoxy) is 2. The molecule has 3 rings (SSSR count). The molecular weight excluding hydrogens is 367 g/mol. The van der Waals surface area contributed by atoms with E-state index in [9.17, 15) is 4.39 Å². The fourth-order valence-corrected chi connectivity index (χ4v) is 3.01. The number of hydrogen-bond acceptors (Lipinski definition) is 4. The number of pyridine rings is 1. The fourth-order valence-electron chi connectivity index (χ4n) is 2.79. The van der Waals surface area contributed by atoms with Crippen molar-refractivity contribution in [2.75, 3.05) is 7.11 Å². The van der Waals surface area contributed by atoms with Crippen molar-refractivity contribution >= 4 is 11.6 Å². The summed E-state index contributed by atoms with van der Waals surface area (Å²) in [7, 11) is 1.58. The van der Waals surface area contributed by atoms with Crippen molar-refractivity contribution in [3.05, 3.63) is 88.5 Å². The summed E-state index contributed by atoms with van der Waals surface area (Å²) in [4.78, 5) is 4.12. The van der Waals surface area contributed by atoms with Crippen molar-refractivity contribution in [2.24, 2.45) is 5.73 Å². The SMILES string of the molecule is COc1cccc(CC(N)c2cccnc2)c1OCc1ccc(F)cc1Cl. The molecular formula is C21H20ClFN2O2. The average molecular weight is 387 g/mol. The first-order valence-corrected chi connectivity index (χ1v) is 8.84. The summed E-state index contributed by atoms with van der Waals surface area (Å²) in [5.74, 6) is 0.813. The van der Waals surface area contributed by atoms with Gasteiger partial charge in [-0.2, -0.15) is 0 Å². The van der Waals surface area contributed by atoms with E-state index in [1.165, 1.54) is 12.1 Å². The largest absolute Gasteiger partial charge is 0.493 e. The number of rotatable bonds is 7. The summed E-state index contributed by atoms with van der Waals surface area (Å²) in [6.07, 6.45) is 4.02. The van der Waals surface area contributed by atoms with Crippen LogP contribution in [0.3, 0.4) is 0 Å². The lowest BCUT2D eigenvalue weighted by Gasteiger charge is -2.18. The average Bonchev–Trinajstić information content (AvgIpc) is 2.68. The molecule has 0 aliphatic carbocycles. The second-order valence-corrected chi connectivity index (χ2v) is 6.48. The third kappa shape index (κ3) is 4.76. The zero-order valence-electron chi connectivity index (χ0n) is 14.9. The van der Waals surface area contributed by atoms with E-state index in [1.807, 2.05) is 30.3 Å². The summed E-state index contributed by atoms with van der Waals surface area (Å²) < 4.78 is 24.7. The number of benzene rings is 2. The highest BCUT2D eigenvalue weighted by molar-refractivity contribution is 6.31. The van der Waals surface area contributed by atoms with Crippen LogP contribution >= 0.6 is 11.6 Å². The van der Waals surface area contributed by atoms with Crippen LogP contribution in [0.5, 0.6) is 11.5 Å². The molecule has 0 bridgehead atoms. The van der Waals surface area contributed by atoms with E-state index in [2.05, 4.69) is 4.98 Å². The lowest BCUT2D eigenvalue weighted by atomic mass is 10.00. The second-order valence-electron chi connectivity index (χ2n) is 6.07. The normalized spacial score (nSPS) is 11.9. The standard InChI is InChI=1S/C21H20ClFN2O2/c1-26-20-6-2-4-14(10-19(24)15-5-3-9-25-12-15)21(20)27-13-16-7-8-17(23)11-18(16)22/h2-9,11-12,19H,10,13,24H2,1H3. The number of nitrogens with two attached hydrogens (primary N) is 1.